The van der Waals surface area contributed by atoms with Crippen molar-refractivity contribution in [3.05, 3.63) is 6.33 Å². The molecule has 0 aromatic carbocycles. The molecule has 2 N–H and O–H groups in total. The van der Waals surface area contributed by atoms with Gasteiger partial charge in [0.05, 0.1) is 0 Å². The number of aliphatic hydroxyl groups is 1. The second-order valence-corrected chi connectivity index (χ2v) is 3.29. The number of anilines is 1. The number of nitrogens with zero attached hydrogens (tertiary/aromatic N) is 2. The normalized spacial score (nSPS) is 12.8. The summed E-state index contributed by atoms with van der Waals surface area (Å²) >= 11 is 1.34. The van der Waals surface area contributed by atoms with Crippen molar-refractivity contribution < 1.29 is 5.11 Å². The maximum absolute atomic E-state index is 8.72. The number of aromatic nitrogens is 2. The molecule has 0 aliphatic rings. The number of rotatable bonds is 5. The Hall–Kier alpha value is -0.680. The zero-order valence-electron chi connectivity index (χ0n) is 7.03. The Labute approximate surface area is 75.8 Å². The van der Waals surface area contributed by atoms with Crippen LogP contribution in [-0.4, -0.2) is 27.1 Å². The Morgan fingerprint density at radius 3 is 3.08 bits per heavy atom. The SMILES string of the molecule is CCC(CCO)Nc1ncns1. The standard InChI is InChI=1S/C7H13N3OS/c1-2-6(3-4-11)10-7-8-5-9-12-7/h5-6,11H,2-4H2,1H3,(H,8,9,10). The van der Waals surface area contributed by atoms with E-state index in [1.54, 1.807) is 0 Å². The van der Waals surface area contributed by atoms with Crippen molar-refractivity contribution >= 4 is 16.7 Å². The summed E-state index contributed by atoms with van der Waals surface area (Å²) in [5, 5.41) is 12.7. The van der Waals surface area contributed by atoms with E-state index < -0.39 is 0 Å². The Bertz CT molecular complexity index is 202. The van der Waals surface area contributed by atoms with Gasteiger partial charge in [-0.2, -0.15) is 4.37 Å². The second kappa shape index (κ2) is 5.05. The molecule has 1 unspecified atom stereocenters. The first-order valence-electron chi connectivity index (χ1n) is 4.01. The summed E-state index contributed by atoms with van der Waals surface area (Å²) < 4.78 is 3.88. The van der Waals surface area contributed by atoms with Gasteiger partial charge in [0.1, 0.15) is 6.33 Å². The lowest BCUT2D eigenvalue weighted by Gasteiger charge is -2.13. The molecule has 0 bridgehead atoms. The molecule has 0 aliphatic heterocycles. The highest BCUT2D eigenvalue weighted by Crippen LogP contribution is 2.11. The molecule has 1 heterocycles. The molecule has 0 saturated heterocycles. The zero-order chi connectivity index (χ0) is 8.81. The summed E-state index contributed by atoms with van der Waals surface area (Å²) in [6, 6.07) is 0.308. The first-order chi connectivity index (χ1) is 5.86. The van der Waals surface area contributed by atoms with Crippen molar-refractivity contribution in [3.63, 3.8) is 0 Å². The lowest BCUT2D eigenvalue weighted by atomic mass is 10.2. The smallest absolute Gasteiger partial charge is 0.202 e. The number of aliphatic hydroxyl groups excluding tert-OH is 1. The fourth-order valence-electron chi connectivity index (χ4n) is 0.946. The van der Waals surface area contributed by atoms with E-state index in [0.717, 1.165) is 18.0 Å². The van der Waals surface area contributed by atoms with Crippen LogP contribution >= 0.6 is 11.5 Å². The molecule has 5 heteroatoms. The molecule has 0 saturated carbocycles. The molecule has 1 atom stereocenters. The molecule has 12 heavy (non-hydrogen) atoms. The van der Waals surface area contributed by atoms with Crippen LogP contribution in [0.5, 0.6) is 0 Å². The predicted octanol–water partition coefficient (Wildman–Crippen LogP) is 1.11. The van der Waals surface area contributed by atoms with Crippen LogP contribution in [0.2, 0.25) is 0 Å². The van der Waals surface area contributed by atoms with Gasteiger partial charge in [-0.15, -0.1) is 0 Å². The fraction of sp³-hybridized carbons (Fsp3) is 0.714. The Morgan fingerprint density at radius 2 is 2.58 bits per heavy atom. The summed E-state index contributed by atoms with van der Waals surface area (Å²) in [7, 11) is 0. The van der Waals surface area contributed by atoms with Gasteiger partial charge in [-0.3, -0.25) is 0 Å². The minimum absolute atomic E-state index is 0.213. The molecular weight excluding hydrogens is 174 g/mol. The van der Waals surface area contributed by atoms with Crippen molar-refractivity contribution in [3.8, 4) is 0 Å². The minimum atomic E-state index is 0.213. The van der Waals surface area contributed by atoms with Crippen LogP contribution in [0, 0.1) is 0 Å². The van der Waals surface area contributed by atoms with Crippen molar-refractivity contribution in [1.29, 1.82) is 0 Å². The van der Waals surface area contributed by atoms with Crippen LogP contribution in [0.15, 0.2) is 6.33 Å². The van der Waals surface area contributed by atoms with E-state index in [1.807, 2.05) is 0 Å². The topological polar surface area (TPSA) is 58.0 Å². The molecule has 0 radical (unpaired) electrons. The first kappa shape index (κ1) is 9.41. The molecule has 68 valence electrons. The lowest BCUT2D eigenvalue weighted by Crippen LogP contribution is -2.19. The average Bonchev–Trinajstić information content (AvgIpc) is 2.56. The van der Waals surface area contributed by atoms with Gasteiger partial charge in [0.15, 0.2) is 0 Å². The van der Waals surface area contributed by atoms with E-state index in [4.69, 9.17) is 5.11 Å². The van der Waals surface area contributed by atoms with E-state index in [9.17, 15) is 0 Å². The number of hydrogen-bond acceptors (Lipinski definition) is 5. The van der Waals surface area contributed by atoms with E-state index in [1.165, 1.54) is 17.9 Å². The highest BCUT2D eigenvalue weighted by Gasteiger charge is 2.06. The maximum atomic E-state index is 8.72. The molecule has 4 nitrogen and oxygen atoms in total. The number of nitrogens with one attached hydrogen (secondary N) is 1. The molecule has 0 fully saturated rings. The predicted molar refractivity (Wildman–Crippen MR) is 49.3 cm³/mol. The van der Waals surface area contributed by atoms with E-state index >= 15 is 0 Å². The van der Waals surface area contributed by atoms with Crippen LogP contribution in [-0.2, 0) is 0 Å². The van der Waals surface area contributed by atoms with Gasteiger partial charge in [-0.1, -0.05) is 6.92 Å². The molecule has 0 aliphatic carbocycles. The highest BCUT2D eigenvalue weighted by molar-refractivity contribution is 7.09. The third-order valence-corrected chi connectivity index (χ3v) is 2.26. The van der Waals surface area contributed by atoms with Gasteiger partial charge < -0.3 is 10.4 Å². The van der Waals surface area contributed by atoms with E-state index in [2.05, 4.69) is 21.6 Å². The Kier molecular flexibility index (Phi) is 3.96. The van der Waals surface area contributed by atoms with Crippen LogP contribution < -0.4 is 5.32 Å². The van der Waals surface area contributed by atoms with Crippen molar-refractivity contribution in [2.75, 3.05) is 11.9 Å². The number of hydrogen-bond donors (Lipinski definition) is 2. The average molecular weight is 187 g/mol. The summed E-state index contributed by atoms with van der Waals surface area (Å²) in [6.07, 6.45) is 3.27. The minimum Gasteiger partial charge on any atom is -0.396 e. The third-order valence-electron chi connectivity index (χ3n) is 1.66. The van der Waals surface area contributed by atoms with E-state index in [-0.39, 0.29) is 6.61 Å². The quantitative estimate of drug-likeness (QED) is 0.725. The van der Waals surface area contributed by atoms with Gasteiger partial charge in [0, 0.05) is 24.2 Å². The molecule has 0 amide bonds. The van der Waals surface area contributed by atoms with Gasteiger partial charge in [0.2, 0.25) is 5.13 Å². The van der Waals surface area contributed by atoms with Crippen LogP contribution in [0.25, 0.3) is 0 Å². The van der Waals surface area contributed by atoms with Gasteiger partial charge >= 0.3 is 0 Å². The molecule has 1 aromatic heterocycles. The van der Waals surface area contributed by atoms with Gasteiger partial charge in [-0.05, 0) is 12.8 Å². The second-order valence-electron chi connectivity index (χ2n) is 2.51. The summed E-state index contributed by atoms with van der Waals surface area (Å²) in [5.74, 6) is 0. The van der Waals surface area contributed by atoms with Crippen LogP contribution in [0.4, 0.5) is 5.13 Å². The summed E-state index contributed by atoms with van der Waals surface area (Å²) in [5.41, 5.74) is 0. The van der Waals surface area contributed by atoms with Gasteiger partial charge in [0.25, 0.3) is 0 Å². The monoisotopic (exact) mass is 187 g/mol. The van der Waals surface area contributed by atoms with Crippen molar-refractivity contribution in [1.82, 2.24) is 9.36 Å². The lowest BCUT2D eigenvalue weighted by molar-refractivity contribution is 0.278. The molecule has 1 aromatic rings. The molecular formula is C7H13N3OS. The van der Waals surface area contributed by atoms with Crippen molar-refractivity contribution in [2.45, 2.75) is 25.8 Å². The highest BCUT2D eigenvalue weighted by atomic mass is 32.1. The Morgan fingerprint density at radius 1 is 1.75 bits per heavy atom. The maximum Gasteiger partial charge on any atom is 0.202 e. The Balaban J connectivity index is 2.37. The van der Waals surface area contributed by atoms with Gasteiger partial charge in [-0.25, -0.2) is 4.98 Å². The molecule has 0 spiro atoms. The van der Waals surface area contributed by atoms with Crippen molar-refractivity contribution in [2.24, 2.45) is 0 Å². The third kappa shape index (κ3) is 2.75. The van der Waals surface area contributed by atoms with E-state index in [0.29, 0.717) is 6.04 Å². The largest absolute Gasteiger partial charge is 0.396 e. The van der Waals surface area contributed by atoms with Crippen LogP contribution in [0.3, 0.4) is 0 Å². The van der Waals surface area contributed by atoms with Crippen LogP contribution in [0.1, 0.15) is 19.8 Å². The molecule has 1 rings (SSSR count). The zero-order valence-corrected chi connectivity index (χ0v) is 7.84. The summed E-state index contributed by atoms with van der Waals surface area (Å²) in [6.45, 7) is 2.29. The first-order valence-corrected chi connectivity index (χ1v) is 4.78. The summed E-state index contributed by atoms with van der Waals surface area (Å²) in [4.78, 5) is 4.00. The fourth-order valence-corrected chi connectivity index (χ4v) is 1.45.